The molecule has 2 heteroatoms. The smallest absolute Gasteiger partial charge is 0.103 e. The lowest BCUT2D eigenvalue weighted by atomic mass is 10.3. The predicted molar refractivity (Wildman–Crippen MR) is 24.7 cm³/mol. The van der Waals surface area contributed by atoms with E-state index in [1.54, 1.807) is 0 Å². The number of aliphatic hydroxyl groups excluding tert-OH is 1. The summed E-state index contributed by atoms with van der Waals surface area (Å²) in [4.78, 5) is 0. The highest BCUT2D eigenvalue weighted by Crippen LogP contribution is 2.36. The van der Waals surface area contributed by atoms with Gasteiger partial charge in [-0.2, -0.15) is 0 Å². The molecule has 0 aromatic rings. The van der Waals surface area contributed by atoms with Gasteiger partial charge in [0.2, 0.25) is 0 Å². The number of aliphatic hydroxyl groups is 1. The highest BCUT2D eigenvalue weighted by molar-refractivity contribution is 4.85. The van der Waals surface area contributed by atoms with Crippen molar-refractivity contribution in [3.05, 3.63) is 0 Å². The van der Waals surface area contributed by atoms with Crippen LogP contribution in [0.2, 0.25) is 0 Å². The SMILES string of the molecule is OCCC1CC1F. The number of alkyl halides is 1. The molecule has 1 N–H and O–H groups in total. The molecule has 7 heavy (non-hydrogen) atoms. The van der Waals surface area contributed by atoms with Crippen LogP contribution in [0.3, 0.4) is 0 Å². The Kier molecular flexibility index (Phi) is 1.28. The van der Waals surface area contributed by atoms with Crippen molar-refractivity contribution >= 4 is 0 Å². The summed E-state index contributed by atoms with van der Waals surface area (Å²) in [5, 5.41) is 8.23. The van der Waals surface area contributed by atoms with Gasteiger partial charge in [0.1, 0.15) is 6.17 Å². The number of halogens is 1. The zero-order valence-corrected chi connectivity index (χ0v) is 4.10. The van der Waals surface area contributed by atoms with Gasteiger partial charge in [-0.05, 0) is 18.8 Å². The third-order valence-electron chi connectivity index (χ3n) is 1.34. The topological polar surface area (TPSA) is 20.2 Å². The summed E-state index contributed by atoms with van der Waals surface area (Å²) in [5.41, 5.74) is 0. The molecule has 2 atom stereocenters. The molecule has 1 rings (SSSR count). The molecule has 0 radical (unpaired) electrons. The van der Waals surface area contributed by atoms with Gasteiger partial charge in [-0.3, -0.25) is 0 Å². The lowest BCUT2D eigenvalue weighted by molar-refractivity contribution is 0.271. The van der Waals surface area contributed by atoms with Crippen molar-refractivity contribution in [3.8, 4) is 0 Å². The van der Waals surface area contributed by atoms with Gasteiger partial charge in [0.05, 0.1) is 0 Å². The second kappa shape index (κ2) is 1.78. The molecule has 0 aromatic carbocycles. The second-order valence-corrected chi connectivity index (χ2v) is 2.02. The first-order valence-electron chi connectivity index (χ1n) is 2.59. The van der Waals surface area contributed by atoms with Gasteiger partial charge < -0.3 is 5.11 Å². The molecule has 0 bridgehead atoms. The highest BCUT2D eigenvalue weighted by atomic mass is 19.1. The Hall–Kier alpha value is -0.110. The molecule has 42 valence electrons. The molecule has 0 spiro atoms. The molecule has 0 saturated heterocycles. The average Bonchev–Trinajstić information content (AvgIpc) is 2.22. The first-order chi connectivity index (χ1) is 3.34. The summed E-state index contributed by atoms with van der Waals surface area (Å²) >= 11 is 0. The molecule has 0 aromatic heterocycles. The normalized spacial score (nSPS) is 38.6. The van der Waals surface area contributed by atoms with E-state index in [0.29, 0.717) is 12.8 Å². The third kappa shape index (κ3) is 1.13. The Balaban J connectivity index is 1.98. The Morgan fingerprint density at radius 2 is 2.29 bits per heavy atom. The van der Waals surface area contributed by atoms with Crippen molar-refractivity contribution in [2.24, 2.45) is 5.92 Å². The minimum Gasteiger partial charge on any atom is -0.396 e. The van der Waals surface area contributed by atoms with Gasteiger partial charge >= 0.3 is 0 Å². The van der Waals surface area contributed by atoms with Crippen molar-refractivity contribution in [1.82, 2.24) is 0 Å². The molecule has 2 unspecified atom stereocenters. The molecular formula is C5H9FO. The van der Waals surface area contributed by atoms with Crippen LogP contribution in [0.25, 0.3) is 0 Å². The van der Waals surface area contributed by atoms with E-state index in [1.165, 1.54) is 0 Å². The molecule has 0 amide bonds. The molecule has 1 aliphatic carbocycles. The average molecular weight is 104 g/mol. The van der Waals surface area contributed by atoms with Gasteiger partial charge in [-0.1, -0.05) is 0 Å². The van der Waals surface area contributed by atoms with E-state index in [-0.39, 0.29) is 12.5 Å². The fourth-order valence-electron chi connectivity index (χ4n) is 0.675. The monoisotopic (exact) mass is 104 g/mol. The lowest BCUT2D eigenvalue weighted by Gasteiger charge is -1.84. The van der Waals surface area contributed by atoms with Crippen LogP contribution in [0.4, 0.5) is 4.39 Å². The number of hydrogen-bond donors (Lipinski definition) is 1. The van der Waals surface area contributed by atoms with Crippen LogP contribution in [-0.4, -0.2) is 17.9 Å². The summed E-state index contributed by atoms with van der Waals surface area (Å²) < 4.78 is 11.9. The van der Waals surface area contributed by atoms with Crippen molar-refractivity contribution in [3.63, 3.8) is 0 Å². The van der Waals surface area contributed by atoms with E-state index in [4.69, 9.17) is 5.11 Å². The van der Waals surface area contributed by atoms with Crippen LogP contribution in [0.5, 0.6) is 0 Å². The molecule has 0 heterocycles. The van der Waals surface area contributed by atoms with E-state index in [0.717, 1.165) is 0 Å². The lowest BCUT2D eigenvalue weighted by Crippen LogP contribution is -1.85. The zero-order valence-electron chi connectivity index (χ0n) is 4.10. The van der Waals surface area contributed by atoms with Gasteiger partial charge in [0.15, 0.2) is 0 Å². The maximum Gasteiger partial charge on any atom is 0.103 e. The van der Waals surface area contributed by atoms with Crippen LogP contribution in [0.15, 0.2) is 0 Å². The van der Waals surface area contributed by atoms with Crippen LogP contribution in [0.1, 0.15) is 12.8 Å². The van der Waals surface area contributed by atoms with Crippen molar-refractivity contribution in [2.75, 3.05) is 6.61 Å². The molecule has 1 saturated carbocycles. The van der Waals surface area contributed by atoms with E-state index in [1.807, 2.05) is 0 Å². The minimum atomic E-state index is -0.591. The van der Waals surface area contributed by atoms with E-state index < -0.39 is 6.17 Å². The molecular weight excluding hydrogens is 95.1 g/mol. The maximum absolute atomic E-state index is 11.9. The Bertz CT molecular complexity index is 65.1. The fourth-order valence-corrected chi connectivity index (χ4v) is 0.675. The second-order valence-electron chi connectivity index (χ2n) is 2.02. The zero-order chi connectivity index (χ0) is 5.28. The third-order valence-corrected chi connectivity index (χ3v) is 1.34. The first kappa shape index (κ1) is 5.04. The molecule has 1 fully saturated rings. The molecule has 0 aliphatic heterocycles. The predicted octanol–water partition coefficient (Wildman–Crippen LogP) is 0.727. The van der Waals surface area contributed by atoms with Crippen LogP contribution in [0, 0.1) is 5.92 Å². The summed E-state index contributed by atoms with van der Waals surface area (Å²) in [6.07, 6.45) is 0.744. The molecule has 1 nitrogen and oxygen atoms in total. The Morgan fingerprint density at radius 3 is 2.43 bits per heavy atom. The minimum absolute atomic E-state index is 0.144. The van der Waals surface area contributed by atoms with Crippen molar-refractivity contribution < 1.29 is 9.50 Å². The van der Waals surface area contributed by atoms with Gasteiger partial charge in [0, 0.05) is 6.61 Å². The number of hydrogen-bond acceptors (Lipinski definition) is 1. The van der Waals surface area contributed by atoms with E-state index >= 15 is 0 Å². The Morgan fingerprint density at radius 1 is 1.71 bits per heavy atom. The van der Waals surface area contributed by atoms with Crippen molar-refractivity contribution in [1.29, 1.82) is 0 Å². The van der Waals surface area contributed by atoms with Gasteiger partial charge in [0.25, 0.3) is 0 Å². The summed E-state index contributed by atoms with van der Waals surface area (Å²) in [5.74, 6) is 0.199. The summed E-state index contributed by atoms with van der Waals surface area (Å²) in [6.45, 7) is 0.144. The summed E-state index contributed by atoms with van der Waals surface area (Å²) in [6, 6.07) is 0. The highest BCUT2D eigenvalue weighted by Gasteiger charge is 2.36. The largest absolute Gasteiger partial charge is 0.396 e. The Labute approximate surface area is 42.2 Å². The van der Waals surface area contributed by atoms with Gasteiger partial charge in [-0.15, -0.1) is 0 Å². The van der Waals surface area contributed by atoms with E-state index in [2.05, 4.69) is 0 Å². The standard InChI is InChI=1S/C5H9FO/c6-5-3-4(5)1-2-7/h4-5,7H,1-3H2. The van der Waals surface area contributed by atoms with Crippen LogP contribution in [-0.2, 0) is 0 Å². The maximum atomic E-state index is 11.9. The quantitative estimate of drug-likeness (QED) is 0.547. The van der Waals surface area contributed by atoms with Gasteiger partial charge in [-0.25, -0.2) is 4.39 Å². The summed E-state index contributed by atoms with van der Waals surface area (Å²) in [7, 11) is 0. The van der Waals surface area contributed by atoms with Crippen LogP contribution < -0.4 is 0 Å². The number of rotatable bonds is 2. The van der Waals surface area contributed by atoms with Crippen molar-refractivity contribution in [2.45, 2.75) is 19.0 Å². The fraction of sp³-hybridized carbons (Fsp3) is 1.00. The van der Waals surface area contributed by atoms with E-state index in [9.17, 15) is 4.39 Å². The molecule has 1 aliphatic rings. The van der Waals surface area contributed by atoms with Crippen LogP contribution >= 0.6 is 0 Å². The first-order valence-corrected chi connectivity index (χ1v) is 2.59.